The Morgan fingerprint density at radius 1 is 1.10 bits per heavy atom. The maximum Gasteiger partial charge on any atom is 0.127 e. The molecule has 0 amide bonds. The number of hydrogen-bond acceptors (Lipinski definition) is 2. The van der Waals surface area contributed by atoms with E-state index in [-0.39, 0.29) is 11.3 Å². The van der Waals surface area contributed by atoms with Crippen LogP contribution < -0.4 is 10.5 Å². The van der Waals surface area contributed by atoms with Crippen LogP contribution in [0.4, 0.5) is 0 Å². The standard InChI is InChI=1S/C17H22N2O/c1-17(2,3)10-11-20-15-9-8-14(16(18)19)12-6-4-5-7-13(12)15/h4-9H,10-11H2,1-3H3,(H3,18,19). The van der Waals surface area contributed by atoms with Gasteiger partial charge in [-0.2, -0.15) is 0 Å². The number of nitrogen functional groups attached to an aromatic ring is 1. The number of fused-ring (bicyclic) bond motifs is 1. The molecule has 0 aromatic heterocycles. The van der Waals surface area contributed by atoms with Gasteiger partial charge in [-0.3, -0.25) is 5.41 Å². The lowest BCUT2D eigenvalue weighted by Gasteiger charge is -2.19. The summed E-state index contributed by atoms with van der Waals surface area (Å²) in [5, 5.41) is 9.62. The number of hydrogen-bond donors (Lipinski definition) is 2. The number of amidine groups is 1. The van der Waals surface area contributed by atoms with E-state index in [1.165, 1.54) is 0 Å². The van der Waals surface area contributed by atoms with Crippen LogP contribution in [0.2, 0.25) is 0 Å². The third kappa shape index (κ3) is 3.29. The first-order valence-corrected chi connectivity index (χ1v) is 6.87. The van der Waals surface area contributed by atoms with E-state index in [1.807, 2.05) is 36.4 Å². The lowest BCUT2D eigenvalue weighted by Crippen LogP contribution is -2.13. The SMILES string of the molecule is CC(C)(C)CCOc1ccc(C(=N)N)c2ccccc12. The van der Waals surface area contributed by atoms with E-state index in [0.29, 0.717) is 6.61 Å². The Bertz CT molecular complexity index is 626. The van der Waals surface area contributed by atoms with Crippen molar-refractivity contribution in [2.45, 2.75) is 27.2 Å². The van der Waals surface area contributed by atoms with Crippen molar-refractivity contribution in [2.75, 3.05) is 6.61 Å². The summed E-state index contributed by atoms with van der Waals surface area (Å²) in [6.45, 7) is 7.29. The van der Waals surface area contributed by atoms with E-state index in [9.17, 15) is 0 Å². The van der Waals surface area contributed by atoms with Crippen LogP contribution >= 0.6 is 0 Å². The van der Waals surface area contributed by atoms with Crippen LogP contribution in [0.1, 0.15) is 32.8 Å². The summed E-state index contributed by atoms with van der Waals surface area (Å²) >= 11 is 0. The zero-order chi connectivity index (χ0) is 14.8. The lowest BCUT2D eigenvalue weighted by atomic mass is 9.93. The summed E-state index contributed by atoms with van der Waals surface area (Å²) in [5.41, 5.74) is 6.64. The molecule has 2 aromatic carbocycles. The number of nitrogens with one attached hydrogen (secondary N) is 1. The summed E-state index contributed by atoms with van der Waals surface area (Å²) in [6.07, 6.45) is 0.996. The Morgan fingerprint density at radius 2 is 1.75 bits per heavy atom. The van der Waals surface area contributed by atoms with E-state index >= 15 is 0 Å². The average molecular weight is 270 g/mol. The van der Waals surface area contributed by atoms with Crippen molar-refractivity contribution in [3.8, 4) is 5.75 Å². The molecule has 0 saturated heterocycles. The molecule has 0 heterocycles. The van der Waals surface area contributed by atoms with Gasteiger partial charge in [0, 0.05) is 10.9 Å². The van der Waals surface area contributed by atoms with Crippen molar-refractivity contribution < 1.29 is 4.74 Å². The maximum atomic E-state index is 7.64. The molecule has 2 aromatic rings. The fraction of sp³-hybridized carbons (Fsp3) is 0.353. The van der Waals surface area contributed by atoms with Gasteiger partial charge in [-0.15, -0.1) is 0 Å². The smallest absolute Gasteiger partial charge is 0.127 e. The molecule has 3 nitrogen and oxygen atoms in total. The zero-order valence-electron chi connectivity index (χ0n) is 12.4. The predicted octanol–water partition coefficient (Wildman–Crippen LogP) is 3.94. The minimum absolute atomic E-state index is 0.0856. The van der Waals surface area contributed by atoms with Crippen LogP contribution in [-0.2, 0) is 0 Å². The van der Waals surface area contributed by atoms with Crippen molar-refractivity contribution in [3.05, 3.63) is 42.0 Å². The number of rotatable bonds is 4. The number of ether oxygens (including phenoxy) is 1. The zero-order valence-corrected chi connectivity index (χ0v) is 12.4. The van der Waals surface area contributed by atoms with Crippen LogP contribution in [-0.4, -0.2) is 12.4 Å². The van der Waals surface area contributed by atoms with E-state index in [2.05, 4.69) is 20.8 Å². The first kappa shape index (κ1) is 14.4. The van der Waals surface area contributed by atoms with Crippen LogP contribution in [0.25, 0.3) is 10.8 Å². The molecule has 0 spiro atoms. The Labute approximate surface area is 120 Å². The van der Waals surface area contributed by atoms with Crippen molar-refractivity contribution in [3.63, 3.8) is 0 Å². The molecular weight excluding hydrogens is 248 g/mol. The van der Waals surface area contributed by atoms with Gasteiger partial charge in [-0.1, -0.05) is 45.0 Å². The molecule has 3 heteroatoms. The molecule has 0 fully saturated rings. The Hall–Kier alpha value is -2.03. The summed E-state index contributed by atoms with van der Waals surface area (Å²) in [7, 11) is 0. The largest absolute Gasteiger partial charge is 0.493 e. The van der Waals surface area contributed by atoms with Crippen LogP contribution in [0.3, 0.4) is 0 Å². The highest BCUT2D eigenvalue weighted by Gasteiger charge is 2.12. The van der Waals surface area contributed by atoms with Gasteiger partial charge in [0.15, 0.2) is 0 Å². The Morgan fingerprint density at radius 3 is 2.35 bits per heavy atom. The highest BCUT2D eigenvalue weighted by atomic mass is 16.5. The molecule has 0 aliphatic heterocycles. The van der Waals surface area contributed by atoms with Gasteiger partial charge in [-0.25, -0.2) is 0 Å². The molecule has 0 atom stereocenters. The summed E-state index contributed by atoms with van der Waals surface area (Å²) < 4.78 is 5.92. The van der Waals surface area contributed by atoms with Gasteiger partial charge >= 0.3 is 0 Å². The van der Waals surface area contributed by atoms with E-state index < -0.39 is 0 Å². The van der Waals surface area contributed by atoms with Crippen LogP contribution in [0, 0.1) is 10.8 Å². The third-order valence-electron chi connectivity index (χ3n) is 3.28. The minimum atomic E-state index is 0.0856. The monoisotopic (exact) mass is 270 g/mol. The van der Waals surface area contributed by atoms with Crippen LogP contribution in [0.5, 0.6) is 5.75 Å². The maximum absolute atomic E-state index is 7.64. The van der Waals surface area contributed by atoms with E-state index in [4.69, 9.17) is 15.9 Å². The van der Waals surface area contributed by atoms with Crippen molar-refractivity contribution >= 4 is 16.6 Å². The molecule has 2 rings (SSSR count). The topological polar surface area (TPSA) is 59.1 Å². The van der Waals surface area contributed by atoms with Crippen molar-refractivity contribution in [1.82, 2.24) is 0 Å². The number of benzene rings is 2. The van der Waals surface area contributed by atoms with E-state index in [1.54, 1.807) is 0 Å². The fourth-order valence-electron chi connectivity index (χ4n) is 2.10. The van der Waals surface area contributed by atoms with E-state index in [0.717, 1.165) is 28.5 Å². The van der Waals surface area contributed by atoms with Gasteiger partial charge in [0.05, 0.1) is 6.61 Å². The van der Waals surface area contributed by atoms with Gasteiger partial charge in [0.2, 0.25) is 0 Å². The second-order valence-corrected chi connectivity index (χ2v) is 6.23. The Balaban J connectivity index is 2.31. The van der Waals surface area contributed by atoms with Gasteiger partial charge in [0.1, 0.15) is 11.6 Å². The summed E-state index contributed by atoms with van der Waals surface area (Å²) in [5.74, 6) is 0.942. The molecule has 0 unspecified atom stereocenters. The predicted molar refractivity (Wildman–Crippen MR) is 84.5 cm³/mol. The third-order valence-corrected chi connectivity index (χ3v) is 3.28. The average Bonchev–Trinajstić information content (AvgIpc) is 2.37. The molecule has 0 saturated carbocycles. The minimum Gasteiger partial charge on any atom is -0.493 e. The molecule has 3 N–H and O–H groups in total. The summed E-state index contributed by atoms with van der Waals surface area (Å²) in [6, 6.07) is 11.7. The molecule has 0 aliphatic rings. The normalized spacial score (nSPS) is 11.6. The van der Waals surface area contributed by atoms with Crippen molar-refractivity contribution in [2.24, 2.45) is 11.1 Å². The first-order valence-electron chi connectivity index (χ1n) is 6.87. The fourth-order valence-corrected chi connectivity index (χ4v) is 2.10. The Kier molecular flexibility index (Phi) is 3.98. The van der Waals surface area contributed by atoms with Crippen LogP contribution in [0.15, 0.2) is 36.4 Å². The van der Waals surface area contributed by atoms with Gasteiger partial charge < -0.3 is 10.5 Å². The molecule has 0 radical (unpaired) electrons. The lowest BCUT2D eigenvalue weighted by molar-refractivity contribution is 0.245. The summed E-state index contributed by atoms with van der Waals surface area (Å²) in [4.78, 5) is 0. The molecule has 0 bridgehead atoms. The molecule has 0 aliphatic carbocycles. The highest BCUT2D eigenvalue weighted by Crippen LogP contribution is 2.29. The molecule has 20 heavy (non-hydrogen) atoms. The van der Waals surface area contributed by atoms with Crippen molar-refractivity contribution in [1.29, 1.82) is 5.41 Å². The molecular formula is C17H22N2O. The molecule has 106 valence electrons. The second kappa shape index (κ2) is 5.53. The first-order chi connectivity index (χ1) is 9.38. The quantitative estimate of drug-likeness (QED) is 0.653. The second-order valence-electron chi connectivity index (χ2n) is 6.23. The number of nitrogens with two attached hydrogens (primary N) is 1. The highest BCUT2D eigenvalue weighted by molar-refractivity contribution is 6.09. The van der Waals surface area contributed by atoms with Gasteiger partial charge in [0.25, 0.3) is 0 Å². The van der Waals surface area contributed by atoms with Gasteiger partial charge in [-0.05, 0) is 29.4 Å².